The van der Waals surface area contributed by atoms with E-state index in [0.29, 0.717) is 0 Å². The summed E-state index contributed by atoms with van der Waals surface area (Å²) in [5.41, 5.74) is 4.43. The molecule has 33 heavy (non-hydrogen) atoms. The number of carbonyl (C=O) groups excluding carboxylic acids is 2. The van der Waals surface area contributed by atoms with Crippen molar-refractivity contribution >= 4 is 18.0 Å². The van der Waals surface area contributed by atoms with Crippen LogP contribution in [0.2, 0.25) is 0 Å². The molecule has 8 heteroatoms. The van der Waals surface area contributed by atoms with E-state index in [2.05, 4.69) is 22.8 Å². The smallest absolute Gasteiger partial charge is 0.407 e. The Bertz CT molecular complexity index is 990. The molecule has 1 saturated carbocycles. The number of alkyl carbamates (subject to hydrolysis) is 1. The number of amides is 2. The van der Waals surface area contributed by atoms with Gasteiger partial charge in [0.2, 0.25) is 5.91 Å². The molecule has 0 heterocycles. The van der Waals surface area contributed by atoms with Crippen LogP contribution in [0.15, 0.2) is 48.5 Å². The van der Waals surface area contributed by atoms with Gasteiger partial charge in [-0.1, -0.05) is 48.5 Å². The zero-order chi connectivity index (χ0) is 23.4. The first kappa shape index (κ1) is 22.8. The Balaban J connectivity index is 1.39. The average molecular weight is 453 g/mol. The molecule has 2 aromatic carbocycles. The molecule has 2 unspecified atom stereocenters. The summed E-state index contributed by atoms with van der Waals surface area (Å²) in [6.07, 6.45) is 0.995. The molecule has 8 nitrogen and oxygen atoms in total. The van der Waals surface area contributed by atoms with Crippen molar-refractivity contribution < 1.29 is 29.0 Å². The first-order valence-corrected chi connectivity index (χ1v) is 11.1. The number of nitrogens with one attached hydrogen (secondary N) is 2. The van der Waals surface area contributed by atoms with E-state index < -0.39 is 30.1 Å². The van der Waals surface area contributed by atoms with Crippen molar-refractivity contribution in [2.24, 2.45) is 5.92 Å². The highest BCUT2D eigenvalue weighted by Gasteiger charge is 2.38. The number of ether oxygens (including phenoxy) is 2. The number of aliphatic carboxylic acids is 1. The molecule has 0 aromatic heterocycles. The van der Waals surface area contributed by atoms with Gasteiger partial charge in [0, 0.05) is 26.1 Å². The molecule has 0 saturated heterocycles. The van der Waals surface area contributed by atoms with Gasteiger partial charge in [0.15, 0.2) is 0 Å². The van der Waals surface area contributed by atoms with Gasteiger partial charge in [-0.05, 0) is 41.0 Å². The zero-order valence-corrected chi connectivity index (χ0v) is 18.5. The zero-order valence-electron chi connectivity index (χ0n) is 18.5. The largest absolute Gasteiger partial charge is 0.480 e. The quantitative estimate of drug-likeness (QED) is 0.511. The second-order valence-electron chi connectivity index (χ2n) is 8.47. The van der Waals surface area contributed by atoms with Gasteiger partial charge in [0.25, 0.3) is 0 Å². The highest BCUT2D eigenvalue weighted by atomic mass is 16.5. The van der Waals surface area contributed by atoms with Crippen LogP contribution >= 0.6 is 0 Å². The van der Waals surface area contributed by atoms with Crippen LogP contribution in [0.3, 0.4) is 0 Å². The number of carbonyl (C=O) groups is 3. The van der Waals surface area contributed by atoms with Gasteiger partial charge in [-0.25, -0.2) is 9.59 Å². The number of rotatable bonds is 10. The first-order valence-electron chi connectivity index (χ1n) is 11.1. The van der Waals surface area contributed by atoms with Crippen molar-refractivity contribution in [3.05, 3.63) is 59.7 Å². The Morgan fingerprint density at radius 3 is 2.15 bits per heavy atom. The van der Waals surface area contributed by atoms with E-state index in [-0.39, 0.29) is 31.5 Å². The van der Waals surface area contributed by atoms with E-state index in [1.54, 1.807) is 0 Å². The molecule has 3 N–H and O–H groups in total. The monoisotopic (exact) mass is 452 g/mol. The van der Waals surface area contributed by atoms with Crippen LogP contribution in [0.25, 0.3) is 11.1 Å². The molecule has 2 aliphatic rings. The maximum Gasteiger partial charge on any atom is 0.407 e. The predicted molar refractivity (Wildman–Crippen MR) is 121 cm³/mol. The summed E-state index contributed by atoms with van der Waals surface area (Å²) in [6.45, 7) is 0.348. The van der Waals surface area contributed by atoms with Gasteiger partial charge in [-0.15, -0.1) is 0 Å². The number of benzene rings is 2. The van der Waals surface area contributed by atoms with Crippen LogP contribution in [-0.2, 0) is 19.1 Å². The third-order valence-corrected chi connectivity index (χ3v) is 6.22. The SMILES string of the molecule is COCCC(NC(=O)OCC1c2ccccc2-c2ccccc21)C(=O)NC(C(=O)O)C1CC1. The minimum Gasteiger partial charge on any atom is -0.480 e. The summed E-state index contributed by atoms with van der Waals surface area (Å²) in [4.78, 5) is 36.8. The van der Waals surface area contributed by atoms with Crippen LogP contribution < -0.4 is 10.6 Å². The molecule has 1 fully saturated rings. The molecule has 0 bridgehead atoms. The lowest BCUT2D eigenvalue weighted by atomic mass is 9.98. The van der Waals surface area contributed by atoms with Crippen LogP contribution in [0, 0.1) is 5.92 Å². The van der Waals surface area contributed by atoms with Gasteiger partial charge in [-0.2, -0.15) is 0 Å². The fourth-order valence-electron chi connectivity index (χ4n) is 4.35. The number of hydrogen-bond donors (Lipinski definition) is 3. The second-order valence-corrected chi connectivity index (χ2v) is 8.47. The minimum atomic E-state index is -1.07. The maximum atomic E-state index is 12.7. The second kappa shape index (κ2) is 10.0. The van der Waals surface area contributed by atoms with Crippen molar-refractivity contribution in [3.63, 3.8) is 0 Å². The minimum absolute atomic E-state index is 0.0658. The topological polar surface area (TPSA) is 114 Å². The van der Waals surface area contributed by atoms with Gasteiger partial charge in [-0.3, -0.25) is 4.79 Å². The molecule has 0 spiro atoms. The van der Waals surface area contributed by atoms with Crippen molar-refractivity contribution in [2.45, 2.75) is 37.3 Å². The van der Waals surface area contributed by atoms with Crippen molar-refractivity contribution in [1.82, 2.24) is 10.6 Å². The van der Waals surface area contributed by atoms with Crippen molar-refractivity contribution in [2.75, 3.05) is 20.3 Å². The van der Waals surface area contributed by atoms with E-state index in [1.165, 1.54) is 7.11 Å². The molecule has 2 atom stereocenters. The summed E-state index contributed by atoms with van der Waals surface area (Å²) in [6, 6.07) is 14.1. The fraction of sp³-hybridized carbons (Fsp3) is 0.400. The van der Waals surface area contributed by atoms with E-state index in [9.17, 15) is 19.5 Å². The maximum absolute atomic E-state index is 12.7. The third-order valence-electron chi connectivity index (χ3n) is 6.22. The van der Waals surface area contributed by atoms with Crippen LogP contribution in [0.5, 0.6) is 0 Å². The Labute approximate surface area is 192 Å². The molecule has 2 aromatic rings. The van der Waals surface area contributed by atoms with Gasteiger partial charge < -0.3 is 25.2 Å². The van der Waals surface area contributed by atoms with Crippen molar-refractivity contribution in [1.29, 1.82) is 0 Å². The summed E-state index contributed by atoms with van der Waals surface area (Å²) < 4.78 is 10.6. The standard InChI is InChI=1S/C25H28N2O6/c1-32-13-12-21(23(28)27-22(24(29)30)15-10-11-15)26-25(31)33-14-20-18-8-4-2-6-16(18)17-7-3-5-9-19(17)20/h2-9,15,20-22H,10-14H2,1H3,(H,26,31)(H,27,28)(H,29,30). The Kier molecular flexibility index (Phi) is 6.93. The molecular formula is C25H28N2O6. The molecule has 0 radical (unpaired) electrons. The summed E-state index contributed by atoms with van der Waals surface area (Å²) >= 11 is 0. The summed E-state index contributed by atoms with van der Waals surface area (Å²) in [5.74, 6) is -1.79. The Hall–Kier alpha value is -3.39. The highest BCUT2D eigenvalue weighted by Crippen LogP contribution is 2.44. The fourth-order valence-corrected chi connectivity index (χ4v) is 4.35. The lowest BCUT2D eigenvalue weighted by Gasteiger charge is -2.21. The number of hydrogen-bond acceptors (Lipinski definition) is 5. The number of carboxylic acids is 1. The highest BCUT2D eigenvalue weighted by molar-refractivity contribution is 5.89. The van der Waals surface area contributed by atoms with Crippen LogP contribution in [0.4, 0.5) is 4.79 Å². The normalized spacial score (nSPS) is 16.3. The predicted octanol–water partition coefficient (Wildman–Crippen LogP) is 2.91. The molecule has 4 rings (SSSR count). The molecular weight excluding hydrogens is 424 g/mol. The Morgan fingerprint density at radius 2 is 1.61 bits per heavy atom. The molecule has 0 aliphatic heterocycles. The number of fused-ring (bicyclic) bond motifs is 3. The molecule has 174 valence electrons. The average Bonchev–Trinajstić information content (AvgIpc) is 3.61. The molecule has 2 amide bonds. The lowest BCUT2D eigenvalue weighted by molar-refractivity contribution is -0.142. The van der Waals surface area contributed by atoms with Gasteiger partial charge in [0.05, 0.1) is 0 Å². The summed E-state index contributed by atoms with van der Waals surface area (Å²) in [7, 11) is 1.49. The third kappa shape index (κ3) is 5.17. The van der Waals surface area contributed by atoms with E-state index >= 15 is 0 Å². The molecule has 2 aliphatic carbocycles. The van der Waals surface area contributed by atoms with Crippen LogP contribution in [0.1, 0.15) is 36.3 Å². The summed E-state index contributed by atoms with van der Waals surface area (Å²) in [5, 5.41) is 14.5. The van der Waals surface area contributed by atoms with Crippen molar-refractivity contribution in [3.8, 4) is 11.1 Å². The first-order chi connectivity index (χ1) is 16.0. The van der Waals surface area contributed by atoms with E-state index in [0.717, 1.165) is 35.1 Å². The van der Waals surface area contributed by atoms with Gasteiger partial charge >= 0.3 is 12.1 Å². The number of methoxy groups -OCH3 is 1. The van der Waals surface area contributed by atoms with Crippen LogP contribution in [-0.4, -0.2) is 55.5 Å². The lowest BCUT2D eigenvalue weighted by Crippen LogP contribution is -2.52. The van der Waals surface area contributed by atoms with E-state index in [1.807, 2.05) is 36.4 Å². The Morgan fingerprint density at radius 1 is 1.00 bits per heavy atom. The van der Waals surface area contributed by atoms with Gasteiger partial charge in [0.1, 0.15) is 18.7 Å². The van der Waals surface area contributed by atoms with E-state index in [4.69, 9.17) is 9.47 Å². The number of carboxylic acid groups (broad SMARTS) is 1.